The van der Waals surface area contributed by atoms with Crippen molar-refractivity contribution in [2.75, 3.05) is 0 Å². The van der Waals surface area contributed by atoms with Crippen LogP contribution in [0, 0.1) is 13.8 Å². The summed E-state index contributed by atoms with van der Waals surface area (Å²) in [6.07, 6.45) is 5.62. The molecule has 0 bridgehead atoms. The summed E-state index contributed by atoms with van der Waals surface area (Å²) < 4.78 is 1.88. The lowest BCUT2D eigenvalue weighted by atomic mass is 9.94. The molecule has 0 saturated heterocycles. The maximum absolute atomic E-state index is 4.94. The third kappa shape index (κ3) is 3.01. The molecule has 130 valence electrons. The Kier molecular flexibility index (Phi) is 4.29. The van der Waals surface area contributed by atoms with Crippen molar-refractivity contribution < 1.29 is 0 Å². The highest BCUT2D eigenvalue weighted by Crippen LogP contribution is 2.26. The molecule has 0 radical (unpaired) electrons. The average molecular weight is 341 g/mol. The zero-order chi connectivity index (χ0) is 18.1. The van der Waals surface area contributed by atoms with Crippen LogP contribution in [-0.4, -0.2) is 14.8 Å². The Morgan fingerprint density at radius 3 is 2.50 bits per heavy atom. The molecule has 0 unspecified atom stereocenters. The van der Waals surface area contributed by atoms with Crippen molar-refractivity contribution in [2.45, 2.75) is 33.6 Å². The third-order valence-corrected chi connectivity index (χ3v) is 5.03. The van der Waals surface area contributed by atoms with E-state index in [9.17, 15) is 0 Å². The van der Waals surface area contributed by atoms with E-state index >= 15 is 0 Å². The topological polar surface area (TPSA) is 30.7 Å². The summed E-state index contributed by atoms with van der Waals surface area (Å²) in [6.45, 7) is 6.56. The minimum Gasteiger partial charge on any atom is -0.253 e. The molecule has 0 aliphatic rings. The average Bonchev–Trinajstić information content (AvgIpc) is 3.19. The highest BCUT2D eigenvalue weighted by Gasteiger charge is 2.12. The van der Waals surface area contributed by atoms with E-state index in [-0.39, 0.29) is 0 Å². The normalized spacial score (nSPS) is 11.2. The smallest absolute Gasteiger partial charge is 0.0708 e. The summed E-state index contributed by atoms with van der Waals surface area (Å²) in [6, 6.07) is 17.1. The summed E-state index contributed by atoms with van der Waals surface area (Å²) in [5.41, 5.74) is 8.68. The molecule has 0 amide bonds. The van der Waals surface area contributed by atoms with Gasteiger partial charge in [0.25, 0.3) is 0 Å². The molecule has 3 nitrogen and oxygen atoms in total. The number of benzene rings is 2. The second-order valence-electron chi connectivity index (χ2n) is 6.83. The molecular weight excluding hydrogens is 318 g/mol. The molecule has 4 rings (SSSR count). The van der Waals surface area contributed by atoms with Crippen LogP contribution < -0.4 is 0 Å². The minimum atomic E-state index is 0.908. The lowest BCUT2D eigenvalue weighted by Gasteiger charge is -2.15. The molecule has 2 heterocycles. The van der Waals surface area contributed by atoms with Gasteiger partial charge in [-0.1, -0.05) is 30.7 Å². The van der Waals surface area contributed by atoms with Crippen molar-refractivity contribution in [2.24, 2.45) is 0 Å². The standard InChI is InChI=1S/C23H23N3/c1-4-22-21(17(3)20-14-16(2)6-11-23(20)25-22)15-18-7-9-19(10-8-18)26-13-5-12-24-26/h5-14H,4,15H2,1-3H3. The largest absolute Gasteiger partial charge is 0.253 e. The first-order chi connectivity index (χ1) is 12.7. The first-order valence-corrected chi connectivity index (χ1v) is 9.13. The van der Waals surface area contributed by atoms with Crippen molar-refractivity contribution in [3.8, 4) is 5.69 Å². The van der Waals surface area contributed by atoms with Crippen LogP contribution in [0.25, 0.3) is 16.6 Å². The first-order valence-electron chi connectivity index (χ1n) is 9.13. The fraction of sp³-hybridized carbons (Fsp3) is 0.217. The summed E-state index contributed by atoms with van der Waals surface area (Å²) in [5.74, 6) is 0. The van der Waals surface area contributed by atoms with E-state index in [4.69, 9.17) is 4.98 Å². The van der Waals surface area contributed by atoms with Crippen molar-refractivity contribution >= 4 is 10.9 Å². The number of aryl methyl sites for hydroxylation is 3. The SMILES string of the molecule is CCc1nc2ccc(C)cc2c(C)c1Cc1ccc(-n2cccn2)cc1. The zero-order valence-corrected chi connectivity index (χ0v) is 15.5. The van der Waals surface area contributed by atoms with E-state index in [1.165, 1.54) is 33.3 Å². The van der Waals surface area contributed by atoms with Crippen LogP contribution in [0.3, 0.4) is 0 Å². The second kappa shape index (κ2) is 6.75. The van der Waals surface area contributed by atoms with Crippen molar-refractivity contribution in [1.82, 2.24) is 14.8 Å². The van der Waals surface area contributed by atoms with Gasteiger partial charge in [-0.3, -0.25) is 4.98 Å². The van der Waals surface area contributed by atoms with E-state index in [1.54, 1.807) is 6.20 Å². The van der Waals surface area contributed by atoms with Crippen LogP contribution in [0.1, 0.15) is 34.9 Å². The van der Waals surface area contributed by atoms with E-state index in [0.29, 0.717) is 0 Å². The van der Waals surface area contributed by atoms with Crippen LogP contribution in [0.2, 0.25) is 0 Å². The number of rotatable bonds is 4. The fourth-order valence-corrected chi connectivity index (χ4v) is 3.56. The molecule has 2 aromatic carbocycles. The number of hydrogen-bond acceptors (Lipinski definition) is 2. The molecule has 26 heavy (non-hydrogen) atoms. The Labute approximate surface area is 154 Å². The highest BCUT2D eigenvalue weighted by molar-refractivity contribution is 5.84. The van der Waals surface area contributed by atoms with Crippen molar-refractivity contribution in [1.29, 1.82) is 0 Å². The Balaban J connectivity index is 1.73. The van der Waals surface area contributed by atoms with Crippen LogP contribution in [0.5, 0.6) is 0 Å². The molecular formula is C23H23N3. The third-order valence-electron chi connectivity index (χ3n) is 5.03. The van der Waals surface area contributed by atoms with Crippen LogP contribution in [-0.2, 0) is 12.8 Å². The molecule has 3 heteroatoms. The van der Waals surface area contributed by atoms with Crippen LogP contribution in [0.15, 0.2) is 60.9 Å². The molecule has 0 fully saturated rings. The molecule has 0 saturated carbocycles. The molecule has 0 spiro atoms. The van der Waals surface area contributed by atoms with E-state index in [2.05, 4.69) is 68.3 Å². The van der Waals surface area contributed by atoms with Crippen LogP contribution in [0.4, 0.5) is 0 Å². The number of aromatic nitrogens is 3. The molecule has 0 atom stereocenters. The quantitative estimate of drug-likeness (QED) is 0.511. The Morgan fingerprint density at radius 2 is 1.81 bits per heavy atom. The van der Waals surface area contributed by atoms with Gasteiger partial charge in [-0.25, -0.2) is 4.68 Å². The fourth-order valence-electron chi connectivity index (χ4n) is 3.56. The Hall–Kier alpha value is -2.94. The van der Waals surface area contributed by atoms with Gasteiger partial charge in [0.1, 0.15) is 0 Å². The first kappa shape index (κ1) is 16.5. The van der Waals surface area contributed by atoms with Gasteiger partial charge < -0.3 is 0 Å². The highest BCUT2D eigenvalue weighted by atomic mass is 15.3. The summed E-state index contributed by atoms with van der Waals surface area (Å²) in [4.78, 5) is 4.94. The predicted octanol–water partition coefficient (Wildman–Crippen LogP) is 5.19. The Morgan fingerprint density at radius 1 is 1.00 bits per heavy atom. The predicted molar refractivity (Wildman–Crippen MR) is 107 cm³/mol. The van der Waals surface area contributed by atoms with Crippen molar-refractivity contribution in [3.63, 3.8) is 0 Å². The lowest BCUT2D eigenvalue weighted by Crippen LogP contribution is -2.03. The van der Waals surface area contributed by atoms with E-state index in [0.717, 1.165) is 24.0 Å². The van der Waals surface area contributed by atoms with Gasteiger partial charge in [-0.15, -0.1) is 0 Å². The molecule has 0 aliphatic heterocycles. The summed E-state index contributed by atoms with van der Waals surface area (Å²) in [5, 5.41) is 5.56. The lowest BCUT2D eigenvalue weighted by molar-refractivity contribution is 0.879. The van der Waals surface area contributed by atoms with E-state index < -0.39 is 0 Å². The molecule has 4 aromatic rings. The number of hydrogen-bond donors (Lipinski definition) is 0. The van der Waals surface area contributed by atoms with Gasteiger partial charge in [0.05, 0.1) is 11.2 Å². The number of fused-ring (bicyclic) bond motifs is 1. The molecule has 0 N–H and O–H groups in total. The van der Waals surface area contributed by atoms with Crippen molar-refractivity contribution in [3.05, 3.63) is 88.9 Å². The Bertz CT molecular complexity index is 1050. The number of nitrogens with zero attached hydrogens (tertiary/aromatic N) is 3. The maximum Gasteiger partial charge on any atom is 0.0708 e. The molecule has 0 aliphatic carbocycles. The van der Waals surface area contributed by atoms with Crippen LogP contribution >= 0.6 is 0 Å². The second-order valence-corrected chi connectivity index (χ2v) is 6.83. The van der Waals surface area contributed by atoms with Gasteiger partial charge in [-0.2, -0.15) is 5.10 Å². The monoisotopic (exact) mass is 341 g/mol. The maximum atomic E-state index is 4.94. The van der Waals surface area contributed by atoms with Gasteiger partial charge in [0, 0.05) is 23.5 Å². The zero-order valence-electron chi connectivity index (χ0n) is 15.5. The van der Waals surface area contributed by atoms with Gasteiger partial charge in [0.2, 0.25) is 0 Å². The van der Waals surface area contributed by atoms with Gasteiger partial charge in [-0.05, 0) is 73.7 Å². The minimum absolute atomic E-state index is 0.908. The summed E-state index contributed by atoms with van der Waals surface area (Å²) >= 11 is 0. The van der Waals surface area contributed by atoms with Gasteiger partial charge >= 0.3 is 0 Å². The summed E-state index contributed by atoms with van der Waals surface area (Å²) in [7, 11) is 0. The molecule has 2 aromatic heterocycles. The number of pyridine rings is 1. The van der Waals surface area contributed by atoms with Gasteiger partial charge in [0.15, 0.2) is 0 Å². The van der Waals surface area contributed by atoms with E-state index in [1.807, 2.05) is 16.9 Å².